The van der Waals surface area contributed by atoms with Gasteiger partial charge < -0.3 is 5.32 Å². The van der Waals surface area contributed by atoms with Crippen molar-refractivity contribution in [1.29, 1.82) is 0 Å². The Hall–Kier alpha value is -2.30. The summed E-state index contributed by atoms with van der Waals surface area (Å²) >= 11 is 12.0. The van der Waals surface area contributed by atoms with Crippen LogP contribution in [0.1, 0.15) is 11.1 Å². The van der Waals surface area contributed by atoms with Crippen molar-refractivity contribution < 1.29 is 4.79 Å². The topological polar surface area (TPSA) is 46.9 Å². The minimum absolute atomic E-state index is 0.158. The van der Waals surface area contributed by atoms with Crippen molar-refractivity contribution in [3.63, 3.8) is 0 Å². The van der Waals surface area contributed by atoms with E-state index < -0.39 is 0 Å². The van der Waals surface area contributed by atoms with E-state index in [2.05, 4.69) is 10.4 Å². The Morgan fingerprint density at radius 2 is 1.88 bits per heavy atom. The maximum absolute atomic E-state index is 12.3. The van der Waals surface area contributed by atoms with Gasteiger partial charge in [-0.25, -0.2) is 4.68 Å². The van der Waals surface area contributed by atoms with Gasteiger partial charge in [0.05, 0.1) is 19.2 Å². The van der Waals surface area contributed by atoms with E-state index in [4.69, 9.17) is 23.2 Å². The summed E-state index contributed by atoms with van der Waals surface area (Å²) in [6.45, 7) is 0.588. The van der Waals surface area contributed by atoms with Gasteiger partial charge in [-0.15, -0.1) is 0 Å². The molecule has 0 saturated carbocycles. The summed E-state index contributed by atoms with van der Waals surface area (Å²) in [5.74, 6) is 0.489. The molecule has 0 aliphatic carbocycles. The third-order valence-electron chi connectivity index (χ3n) is 3.53. The van der Waals surface area contributed by atoms with Crippen molar-refractivity contribution in [2.75, 3.05) is 5.32 Å². The highest BCUT2D eigenvalue weighted by atomic mass is 35.5. The average molecular weight is 360 g/mol. The fourth-order valence-corrected chi connectivity index (χ4v) is 2.82. The maximum atomic E-state index is 12.3. The molecule has 1 aromatic heterocycles. The molecule has 0 fully saturated rings. The average Bonchev–Trinajstić information content (AvgIpc) is 2.98. The predicted molar refractivity (Wildman–Crippen MR) is 96.6 cm³/mol. The first-order valence-corrected chi connectivity index (χ1v) is 8.17. The summed E-state index contributed by atoms with van der Waals surface area (Å²) in [6.07, 6.45) is 1.83. The molecule has 0 atom stereocenters. The molecule has 0 aliphatic rings. The van der Waals surface area contributed by atoms with Crippen molar-refractivity contribution in [1.82, 2.24) is 9.78 Å². The molecule has 0 bridgehead atoms. The molecule has 3 rings (SSSR count). The maximum Gasteiger partial charge on any atom is 0.229 e. The largest absolute Gasteiger partial charge is 0.311 e. The summed E-state index contributed by atoms with van der Waals surface area (Å²) in [5.41, 5.74) is 1.84. The van der Waals surface area contributed by atoms with Crippen molar-refractivity contribution in [3.05, 3.63) is 82.0 Å². The highest BCUT2D eigenvalue weighted by Crippen LogP contribution is 2.21. The van der Waals surface area contributed by atoms with Crippen molar-refractivity contribution >= 4 is 34.9 Å². The van der Waals surface area contributed by atoms with Crippen LogP contribution in [-0.4, -0.2) is 15.7 Å². The van der Waals surface area contributed by atoms with Crippen LogP contribution in [0.2, 0.25) is 10.0 Å². The van der Waals surface area contributed by atoms with Crippen LogP contribution in [0.4, 0.5) is 5.82 Å². The lowest BCUT2D eigenvalue weighted by molar-refractivity contribution is -0.115. The van der Waals surface area contributed by atoms with Crippen LogP contribution in [0.25, 0.3) is 0 Å². The van der Waals surface area contributed by atoms with Crippen molar-refractivity contribution in [3.8, 4) is 0 Å². The number of aromatic nitrogens is 2. The summed E-state index contributed by atoms with van der Waals surface area (Å²) in [6, 6.07) is 16.8. The number of nitrogens with zero attached hydrogens (tertiary/aromatic N) is 2. The lowest BCUT2D eigenvalue weighted by Gasteiger charge is -2.10. The number of carbonyl (C=O) groups excluding carboxylic acids is 1. The molecule has 0 saturated heterocycles. The van der Waals surface area contributed by atoms with Crippen LogP contribution in [0.15, 0.2) is 60.8 Å². The van der Waals surface area contributed by atoms with E-state index in [1.165, 1.54) is 0 Å². The predicted octanol–water partition coefficient (Wildman–Crippen LogP) is 4.42. The van der Waals surface area contributed by atoms with E-state index >= 15 is 0 Å². The van der Waals surface area contributed by atoms with Crippen LogP contribution < -0.4 is 5.32 Å². The number of halogens is 2. The zero-order chi connectivity index (χ0) is 16.9. The SMILES string of the molecule is O=C(Cc1ccc(Cl)cc1Cl)Nc1ccnn1Cc1ccccc1. The summed E-state index contributed by atoms with van der Waals surface area (Å²) in [4.78, 5) is 12.3. The van der Waals surface area contributed by atoms with E-state index in [1.807, 2.05) is 30.3 Å². The molecule has 0 spiro atoms. The number of anilines is 1. The molecule has 6 heteroatoms. The van der Waals surface area contributed by atoms with E-state index in [0.29, 0.717) is 22.4 Å². The van der Waals surface area contributed by atoms with Gasteiger partial charge in [0.2, 0.25) is 5.91 Å². The Bertz CT molecular complexity index is 846. The molecule has 0 unspecified atom stereocenters. The van der Waals surface area contributed by atoms with Gasteiger partial charge in [-0.05, 0) is 23.3 Å². The first-order chi connectivity index (χ1) is 11.6. The van der Waals surface area contributed by atoms with Gasteiger partial charge in [-0.2, -0.15) is 5.10 Å². The van der Waals surface area contributed by atoms with E-state index in [-0.39, 0.29) is 12.3 Å². The highest BCUT2D eigenvalue weighted by Gasteiger charge is 2.11. The van der Waals surface area contributed by atoms with Crippen LogP contribution in [0.3, 0.4) is 0 Å². The molecule has 2 aromatic carbocycles. The number of hydrogen-bond donors (Lipinski definition) is 1. The molecule has 1 heterocycles. The standard InChI is InChI=1S/C18H15Cl2N3O/c19-15-7-6-14(16(20)11-15)10-18(24)22-17-8-9-21-23(17)12-13-4-2-1-3-5-13/h1-9,11H,10,12H2,(H,22,24). The summed E-state index contributed by atoms with van der Waals surface area (Å²) in [5, 5.41) is 8.16. The quantitative estimate of drug-likeness (QED) is 0.732. The lowest BCUT2D eigenvalue weighted by atomic mass is 10.1. The Morgan fingerprint density at radius 3 is 2.62 bits per heavy atom. The molecule has 122 valence electrons. The number of hydrogen-bond acceptors (Lipinski definition) is 2. The molecule has 1 N–H and O–H groups in total. The minimum Gasteiger partial charge on any atom is -0.311 e. The molecule has 3 aromatic rings. The molecular formula is C18H15Cl2N3O. The van der Waals surface area contributed by atoms with Crippen LogP contribution in [-0.2, 0) is 17.8 Å². The number of amides is 1. The van der Waals surface area contributed by atoms with Gasteiger partial charge in [0, 0.05) is 16.1 Å². The van der Waals surface area contributed by atoms with Crippen LogP contribution >= 0.6 is 23.2 Å². The highest BCUT2D eigenvalue weighted by molar-refractivity contribution is 6.35. The second-order valence-electron chi connectivity index (χ2n) is 5.32. The van der Waals surface area contributed by atoms with Crippen molar-refractivity contribution in [2.45, 2.75) is 13.0 Å². The summed E-state index contributed by atoms with van der Waals surface area (Å²) < 4.78 is 1.75. The van der Waals surface area contributed by atoms with Gasteiger partial charge in [0.1, 0.15) is 5.82 Å². The normalized spacial score (nSPS) is 10.6. The second-order valence-corrected chi connectivity index (χ2v) is 6.16. The first kappa shape index (κ1) is 16.6. The molecule has 24 heavy (non-hydrogen) atoms. The second kappa shape index (κ2) is 7.51. The Balaban J connectivity index is 1.68. The van der Waals surface area contributed by atoms with E-state index in [9.17, 15) is 4.79 Å². The number of carbonyl (C=O) groups is 1. The summed E-state index contributed by atoms with van der Waals surface area (Å²) in [7, 11) is 0. The van der Waals surface area contributed by atoms with Crippen LogP contribution in [0, 0.1) is 0 Å². The van der Waals surface area contributed by atoms with Gasteiger partial charge in [-0.3, -0.25) is 4.79 Å². The van der Waals surface area contributed by atoms with Gasteiger partial charge in [0.15, 0.2) is 0 Å². The van der Waals surface area contributed by atoms with Gasteiger partial charge in [-0.1, -0.05) is 59.6 Å². The van der Waals surface area contributed by atoms with Gasteiger partial charge >= 0.3 is 0 Å². The third-order valence-corrected chi connectivity index (χ3v) is 4.11. The molecule has 4 nitrogen and oxygen atoms in total. The lowest BCUT2D eigenvalue weighted by Crippen LogP contribution is -2.18. The van der Waals surface area contributed by atoms with E-state index in [1.54, 1.807) is 35.1 Å². The monoisotopic (exact) mass is 359 g/mol. The zero-order valence-electron chi connectivity index (χ0n) is 12.7. The molecule has 0 aliphatic heterocycles. The van der Waals surface area contributed by atoms with Gasteiger partial charge in [0.25, 0.3) is 0 Å². The van der Waals surface area contributed by atoms with E-state index in [0.717, 1.165) is 11.1 Å². The smallest absolute Gasteiger partial charge is 0.229 e. The first-order valence-electron chi connectivity index (χ1n) is 7.41. The van der Waals surface area contributed by atoms with Crippen LogP contribution in [0.5, 0.6) is 0 Å². The third kappa shape index (κ3) is 4.16. The Morgan fingerprint density at radius 1 is 1.08 bits per heavy atom. The Kier molecular flexibility index (Phi) is 5.18. The number of rotatable bonds is 5. The number of nitrogens with one attached hydrogen (secondary N) is 1. The fourth-order valence-electron chi connectivity index (χ4n) is 2.35. The Labute approximate surface area is 150 Å². The zero-order valence-corrected chi connectivity index (χ0v) is 14.3. The molecular weight excluding hydrogens is 345 g/mol. The number of benzene rings is 2. The minimum atomic E-state index is -0.158. The molecule has 0 radical (unpaired) electrons. The van der Waals surface area contributed by atoms with Crippen molar-refractivity contribution in [2.24, 2.45) is 0 Å². The fraction of sp³-hybridized carbons (Fsp3) is 0.111. The molecule has 1 amide bonds.